The van der Waals surface area contributed by atoms with Gasteiger partial charge in [0, 0.05) is 17.3 Å². The normalized spacial score (nSPS) is 10.2. The van der Waals surface area contributed by atoms with Crippen LogP contribution in [0.1, 0.15) is 11.1 Å². The molecule has 0 fully saturated rings. The molecule has 2 nitrogen and oxygen atoms in total. The van der Waals surface area contributed by atoms with Gasteiger partial charge < -0.3 is 10.1 Å². The highest BCUT2D eigenvalue weighted by Gasteiger charge is 2.00. The molecule has 0 saturated carbocycles. The summed E-state index contributed by atoms with van der Waals surface area (Å²) in [7, 11) is 1.67. The maximum absolute atomic E-state index is 5.98. The lowest BCUT2D eigenvalue weighted by molar-refractivity contribution is 0.414. The zero-order chi connectivity index (χ0) is 13.0. The van der Waals surface area contributed by atoms with E-state index in [1.807, 2.05) is 42.5 Å². The zero-order valence-corrected chi connectivity index (χ0v) is 11.3. The number of benzene rings is 2. The Hall–Kier alpha value is -1.67. The SMILES string of the molecule is COc1ccc(CNc2cc(Cl)ccc2C)cc1. The average molecular weight is 262 g/mol. The fourth-order valence-corrected chi connectivity index (χ4v) is 1.90. The summed E-state index contributed by atoms with van der Waals surface area (Å²) in [5.41, 5.74) is 3.46. The van der Waals surface area contributed by atoms with E-state index < -0.39 is 0 Å². The Morgan fingerprint density at radius 2 is 1.83 bits per heavy atom. The second kappa shape index (κ2) is 5.78. The molecule has 0 bridgehead atoms. The van der Waals surface area contributed by atoms with Crippen LogP contribution in [0, 0.1) is 6.92 Å². The predicted molar refractivity (Wildman–Crippen MR) is 76.5 cm³/mol. The number of aryl methyl sites for hydroxylation is 1. The molecule has 2 aromatic carbocycles. The molecule has 18 heavy (non-hydrogen) atoms. The first kappa shape index (κ1) is 12.8. The maximum atomic E-state index is 5.98. The van der Waals surface area contributed by atoms with E-state index in [-0.39, 0.29) is 0 Å². The van der Waals surface area contributed by atoms with Gasteiger partial charge in [-0.05, 0) is 42.3 Å². The molecule has 1 N–H and O–H groups in total. The van der Waals surface area contributed by atoms with Crippen molar-refractivity contribution in [2.45, 2.75) is 13.5 Å². The largest absolute Gasteiger partial charge is 0.497 e. The molecule has 2 aromatic rings. The van der Waals surface area contributed by atoms with Gasteiger partial charge in [0.1, 0.15) is 5.75 Å². The average Bonchev–Trinajstić information content (AvgIpc) is 2.40. The zero-order valence-electron chi connectivity index (χ0n) is 10.5. The van der Waals surface area contributed by atoms with E-state index >= 15 is 0 Å². The van der Waals surface area contributed by atoms with Crippen LogP contribution in [0.25, 0.3) is 0 Å². The number of ether oxygens (including phenoxy) is 1. The van der Waals surface area contributed by atoms with Crippen LogP contribution in [0.4, 0.5) is 5.69 Å². The molecule has 0 unspecified atom stereocenters. The molecule has 94 valence electrons. The first-order valence-corrected chi connectivity index (χ1v) is 6.20. The molecule has 0 spiro atoms. The van der Waals surface area contributed by atoms with Gasteiger partial charge in [-0.3, -0.25) is 0 Å². The lowest BCUT2D eigenvalue weighted by atomic mass is 10.1. The third kappa shape index (κ3) is 3.17. The number of rotatable bonds is 4. The fraction of sp³-hybridized carbons (Fsp3) is 0.200. The van der Waals surface area contributed by atoms with Gasteiger partial charge in [0.05, 0.1) is 7.11 Å². The minimum atomic E-state index is 0.748. The Morgan fingerprint density at radius 1 is 1.11 bits per heavy atom. The summed E-state index contributed by atoms with van der Waals surface area (Å²) in [6.07, 6.45) is 0. The molecule has 0 aliphatic rings. The maximum Gasteiger partial charge on any atom is 0.118 e. The van der Waals surface area contributed by atoms with Crippen LogP contribution in [0.15, 0.2) is 42.5 Å². The van der Waals surface area contributed by atoms with Crippen molar-refractivity contribution in [2.24, 2.45) is 0 Å². The summed E-state index contributed by atoms with van der Waals surface area (Å²) in [6.45, 7) is 2.83. The highest BCUT2D eigenvalue weighted by Crippen LogP contribution is 2.21. The minimum Gasteiger partial charge on any atom is -0.497 e. The van der Waals surface area contributed by atoms with Crippen LogP contribution in [-0.4, -0.2) is 7.11 Å². The van der Waals surface area contributed by atoms with Crippen molar-refractivity contribution >= 4 is 17.3 Å². The van der Waals surface area contributed by atoms with Gasteiger partial charge in [-0.2, -0.15) is 0 Å². The minimum absolute atomic E-state index is 0.748. The summed E-state index contributed by atoms with van der Waals surface area (Å²) in [6, 6.07) is 13.9. The number of hydrogen-bond donors (Lipinski definition) is 1. The molecule has 0 aliphatic carbocycles. The Labute approximate surface area is 113 Å². The first-order valence-electron chi connectivity index (χ1n) is 5.82. The van der Waals surface area contributed by atoms with Crippen LogP contribution >= 0.6 is 11.6 Å². The van der Waals surface area contributed by atoms with Crippen LogP contribution in [-0.2, 0) is 6.54 Å². The van der Waals surface area contributed by atoms with E-state index in [4.69, 9.17) is 16.3 Å². The molecule has 0 radical (unpaired) electrons. The molecule has 2 rings (SSSR count). The van der Waals surface area contributed by atoms with Crippen LogP contribution < -0.4 is 10.1 Å². The van der Waals surface area contributed by atoms with Crippen LogP contribution in [0.3, 0.4) is 0 Å². The second-order valence-electron chi connectivity index (χ2n) is 4.16. The highest BCUT2D eigenvalue weighted by atomic mass is 35.5. The lowest BCUT2D eigenvalue weighted by Gasteiger charge is -2.10. The monoisotopic (exact) mass is 261 g/mol. The van der Waals surface area contributed by atoms with Gasteiger partial charge in [-0.15, -0.1) is 0 Å². The first-order chi connectivity index (χ1) is 8.69. The van der Waals surface area contributed by atoms with Crippen LogP contribution in [0.2, 0.25) is 5.02 Å². The number of halogens is 1. The van der Waals surface area contributed by atoms with Gasteiger partial charge in [0.25, 0.3) is 0 Å². The molecule has 0 atom stereocenters. The Morgan fingerprint density at radius 3 is 2.50 bits per heavy atom. The van der Waals surface area contributed by atoms with Crippen molar-refractivity contribution in [3.8, 4) is 5.75 Å². The van der Waals surface area contributed by atoms with Crippen molar-refractivity contribution in [1.29, 1.82) is 0 Å². The third-order valence-corrected chi connectivity index (χ3v) is 3.08. The summed E-state index contributed by atoms with van der Waals surface area (Å²) in [4.78, 5) is 0. The highest BCUT2D eigenvalue weighted by molar-refractivity contribution is 6.30. The molecule has 0 aromatic heterocycles. The number of methoxy groups -OCH3 is 1. The van der Waals surface area contributed by atoms with E-state index in [9.17, 15) is 0 Å². The van der Waals surface area contributed by atoms with E-state index in [2.05, 4.69) is 12.2 Å². The molecule has 3 heteroatoms. The standard InChI is InChI=1S/C15H16ClNO/c1-11-3-6-13(16)9-15(11)17-10-12-4-7-14(18-2)8-5-12/h3-9,17H,10H2,1-2H3. The topological polar surface area (TPSA) is 21.3 Å². The Kier molecular flexibility index (Phi) is 4.11. The number of anilines is 1. The molecule has 0 heterocycles. The second-order valence-corrected chi connectivity index (χ2v) is 4.60. The van der Waals surface area contributed by atoms with Gasteiger partial charge in [-0.1, -0.05) is 29.8 Å². The van der Waals surface area contributed by atoms with Gasteiger partial charge in [0.15, 0.2) is 0 Å². The number of nitrogens with one attached hydrogen (secondary N) is 1. The van der Waals surface area contributed by atoms with Gasteiger partial charge in [-0.25, -0.2) is 0 Å². The van der Waals surface area contributed by atoms with Gasteiger partial charge in [0.2, 0.25) is 0 Å². The predicted octanol–water partition coefficient (Wildman–Crippen LogP) is 4.27. The molecular formula is C15H16ClNO. The third-order valence-electron chi connectivity index (χ3n) is 2.84. The number of hydrogen-bond acceptors (Lipinski definition) is 2. The van der Waals surface area contributed by atoms with Crippen molar-refractivity contribution in [3.63, 3.8) is 0 Å². The fourth-order valence-electron chi connectivity index (χ4n) is 1.73. The van der Waals surface area contributed by atoms with E-state index in [1.165, 1.54) is 11.1 Å². The van der Waals surface area contributed by atoms with Crippen molar-refractivity contribution < 1.29 is 4.74 Å². The smallest absolute Gasteiger partial charge is 0.118 e. The molecule has 0 amide bonds. The van der Waals surface area contributed by atoms with E-state index in [0.717, 1.165) is 23.0 Å². The van der Waals surface area contributed by atoms with Gasteiger partial charge >= 0.3 is 0 Å². The molecular weight excluding hydrogens is 246 g/mol. The molecule has 0 saturated heterocycles. The lowest BCUT2D eigenvalue weighted by Crippen LogP contribution is -2.00. The molecule has 0 aliphatic heterocycles. The Balaban J connectivity index is 2.04. The summed E-state index contributed by atoms with van der Waals surface area (Å²) in [5, 5.41) is 4.13. The summed E-state index contributed by atoms with van der Waals surface area (Å²) >= 11 is 5.98. The van der Waals surface area contributed by atoms with E-state index in [0.29, 0.717) is 0 Å². The summed E-state index contributed by atoms with van der Waals surface area (Å²) in [5.74, 6) is 0.873. The van der Waals surface area contributed by atoms with Crippen molar-refractivity contribution in [1.82, 2.24) is 0 Å². The Bertz CT molecular complexity index is 523. The van der Waals surface area contributed by atoms with Crippen molar-refractivity contribution in [2.75, 3.05) is 12.4 Å². The summed E-state index contributed by atoms with van der Waals surface area (Å²) < 4.78 is 5.13. The van der Waals surface area contributed by atoms with Crippen molar-refractivity contribution in [3.05, 3.63) is 58.6 Å². The van der Waals surface area contributed by atoms with E-state index in [1.54, 1.807) is 7.11 Å². The van der Waals surface area contributed by atoms with Crippen LogP contribution in [0.5, 0.6) is 5.75 Å². The quantitative estimate of drug-likeness (QED) is 0.888.